The molecule has 0 radical (unpaired) electrons. The molecular formula is C16H15N3O2S. The third-order valence-electron chi connectivity index (χ3n) is 4.25. The van der Waals surface area contributed by atoms with Gasteiger partial charge in [-0.25, -0.2) is 4.98 Å². The van der Waals surface area contributed by atoms with E-state index >= 15 is 0 Å². The van der Waals surface area contributed by atoms with Crippen LogP contribution in [0.3, 0.4) is 0 Å². The van der Waals surface area contributed by atoms with Crippen molar-refractivity contribution >= 4 is 23.7 Å². The minimum Gasteiger partial charge on any atom is -0.497 e. The van der Waals surface area contributed by atoms with Crippen LogP contribution in [0.4, 0.5) is 0 Å². The fraction of sp³-hybridized carbons (Fsp3) is 0.250. The van der Waals surface area contributed by atoms with Crippen LogP contribution in [0.25, 0.3) is 17.0 Å². The average molecular weight is 313 g/mol. The molecule has 1 unspecified atom stereocenters. The van der Waals surface area contributed by atoms with Crippen LogP contribution >= 0.6 is 12.6 Å². The van der Waals surface area contributed by atoms with Crippen LogP contribution in [0.1, 0.15) is 22.2 Å². The Labute approximate surface area is 132 Å². The monoisotopic (exact) mass is 313 g/mol. The molecule has 0 spiro atoms. The molecule has 1 aliphatic heterocycles. The molecule has 0 amide bonds. The number of pyridine rings is 1. The first-order valence-electron chi connectivity index (χ1n) is 7.00. The molecule has 0 fully saturated rings. The Morgan fingerprint density at radius 3 is 2.82 bits per heavy atom. The number of thiol groups is 1. The average Bonchev–Trinajstić information content (AvgIpc) is 3.00. The van der Waals surface area contributed by atoms with Gasteiger partial charge in [0.25, 0.3) is 0 Å². The Hall–Kier alpha value is -2.21. The molecule has 0 saturated heterocycles. The molecule has 1 aliphatic rings. The van der Waals surface area contributed by atoms with E-state index in [1.54, 1.807) is 7.11 Å². The van der Waals surface area contributed by atoms with Gasteiger partial charge in [-0.3, -0.25) is 13.9 Å². The van der Waals surface area contributed by atoms with Crippen LogP contribution in [0, 0.1) is 13.8 Å². The fourth-order valence-corrected chi connectivity index (χ4v) is 3.67. The summed E-state index contributed by atoms with van der Waals surface area (Å²) in [5.74, 6) is 1.55. The van der Waals surface area contributed by atoms with Crippen LogP contribution < -0.4 is 10.2 Å². The number of fused-ring (bicyclic) bond motifs is 5. The highest BCUT2D eigenvalue weighted by Gasteiger charge is 2.31. The van der Waals surface area contributed by atoms with Crippen LogP contribution in [0.5, 0.6) is 5.75 Å². The van der Waals surface area contributed by atoms with Crippen LogP contribution in [0.15, 0.2) is 29.2 Å². The standard InChI is InChI=1S/C16H15N3O2S/c1-8-7-18-13(9(2)14(8)20)15(22)19-12-5-4-10(21-3)6-11(12)17-16(18)19/h4-7,15,22H,1-3H3. The van der Waals surface area contributed by atoms with E-state index < -0.39 is 0 Å². The number of rotatable bonds is 1. The highest BCUT2D eigenvalue weighted by molar-refractivity contribution is 7.80. The van der Waals surface area contributed by atoms with E-state index in [4.69, 9.17) is 22.3 Å². The molecule has 0 N–H and O–H groups in total. The summed E-state index contributed by atoms with van der Waals surface area (Å²) in [6.07, 6.45) is 1.84. The summed E-state index contributed by atoms with van der Waals surface area (Å²) in [5.41, 5.74) is 4.23. The third kappa shape index (κ3) is 1.56. The van der Waals surface area contributed by atoms with E-state index in [0.717, 1.165) is 34.0 Å². The van der Waals surface area contributed by atoms with Crippen molar-refractivity contribution < 1.29 is 4.74 Å². The van der Waals surface area contributed by atoms with Gasteiger partial charge in [-0.15, -0.1) is 12.6 Å². The molecular weight excluding hydrogens is 298 g/mol. The van der Waals surface area contributed by atoms with E-state index in [0.29, 0.717) is 5.56 Å². The van der Waals surface area contributed by atoms with Gasteiger partial charge in [0.15, 0.2) is 5.43 Å². The maximum Gasteiger partial charge on any atom is 0.216 e. The minimum atomic E-state index is -0.221. The first kappa shape index (κ1) is 13.5. The van der Waals surface area contributed by atoms with E-state index in [9.17, 15) is 4.79 Å². The number of aromatic nitrogens is 3. The molecule has 1 aromatic carbocycles. The molecule has 22 heavy (non-hydrogen) atoms. The van der Waals surface area contributed by atoms with Gasteiger partial charge >= 0.3 is 0 Å². The van der Waals surface area contributed by atoms with Crippen molar-refractivity contribution in [2.45, 2.75) is 19.2 Å². The van der Waals surface area contributed by atoms with Gasteiger partial charge in [0.05, 0.1) is 23.8 Å². The summed E-state index contributed by atoms with van der Waals surface area (Å²) in [6.45, 7) is 3.67. The second kappa shape index (κ2) is 4.39. The van der Waals surface area contributed by atoms with Crippen LogP contribution in [0.2, 0.25) is 0 Å². The van der Waals surface area contributed by atoms with Crippen molar-refractivity contribution in [3.8, 4) is 11.7 Å². The number of ether oxygens (including phenoxy) is 1. The topological polar surface area (TPSA) is 49.1 Å². The summed E-state index contributed by atoms with van der Waals surface area (Å²) in [4.78, 5) is 16.9. The second-order valence-corrected chi connectivity index (χ2v) is 6.02. The number of aryl methyl sites for hydroxylation is 1. The lowest BCUT2D eigenvalue weighted by Gasteiger charge is -2.11. The number of benzene rings is 1. The van der Waals surface area contributed by atoms with Gasteiger partial charge in [0.1, 0.15) is 11.1 Å². The fourth-order valence-electron chi connectivity index (χ4n) is 3.12. The molecule has 3 aromatic rings. The van der Waals surface area contributed by atoms with Crippen molar-refractivity contribution in [1.82, 2.24) is 14.1 Å². The highest BCUT2D eigenvalue weighted by Crippen LogP contribution is 2.38. The highest BCUT2D eigenvalue weighted by atomic mass is 32.1. The zero-order chi connectivity index (χ0) is 15.6. The van der Waals surface area contributed by atoms with Gasteiger partial charge in [-0.1, -0.05) is 0 Å². The molecule has 0 saturated carbocycles. The Balaban J connectivity index is 2.08. The van der Waals surface area contributed by atoms with Crippen LogP contribution in [-0.4, -0.2) is 21.2 Å². The summed E-state index contributed by atoms with van der Waals surface area (Å²) >= 11 is 4.72. The smallest absolute Gasteiger partial charge is 0.216 e. The summed E-state index contributed by atoms with van der Waals surface area (Å²) in [7, 11) is 1.64. The first-order valence-corrected chi connectivity index (χ1v) is 7.51. The van der Waals surface area contributed by atoms with Crippen molar-refractivity contribution in [3.63, 3.8) is 0 Å². The van der Waals surface area contributed by atoms with Gasteiger partial charge < -0.3 is 4.74 Å². The second-order valence-electron chi connectivity index (χ2n) is 5.53. The maximum absolute atomic E-state index is 12.2. The molecule has 0 aliphatic carbocycles. The molecule has 112 valence electrons. The Morgan fingerprint density at radius 2 is 2.09 bits per heavy atom. The number of hydrogen-bond donors (Lipinski definition) is 1. The molecule has 0 bridgehead atoms. The molecule has 2 aromatic heterocycles. The Morgan fingerprint density at radius 1 is 1.32 bits per heavy atom. The molecule has 6 heteroatoms. The van der Waals surface area contributed by atoms with Crippen molar-refractivity contribution in [2.75, 3.05) is 7.11 Å². The van der Waals surface area contributed by atoms with Gasteiger partial charge in [0, 0.05) is 23.4 Å². The first-order chi connectivity index (χ1) is 10.5. The van der Waals surface area contributed by atoms with Crippen molar-refractivity contribution in [2.24, 2.45) is 0 Å². The predicted octanol–water partition coefficient (Wildman–Crippen LogP) is 2.60. The lowest BCUT2D eigenvalue weighted by Crippen LogP contribution is -2.16. The SMILES string of the molecule is COc1ccc2c(c1)nc1n2C(S)c2c(C)c(=O)c(C)cn2-1. The van der Waals surface area contributed by atoms with E-state index in [-0.39, 0.29) is 10.8 Å². The van der Waals surface area contributed by atoms with E-state index in [1.807, 2.05) is 47.4 Å². The predicted molar refractivity (Wildman–Crippen MR) is 88.5 cm³/mol. The third-order valence-corrected chi connectivity index (χ3v) is 4.72. The lowest BCUT2D eigenvalue weighted by atomic mass is 10.1. The molecule has 4 rings (SSSR count). The Kier molecular flexibility index (Phi) is 2.69. The zero-order valence-corrected chi connectivity index (χ0v) is 13.4. The normalized spacial score (nSPS) is 15.9. The largest absolute Gasteiger partial charge is 0.497 e. The van der Waals surface area contributed by atoms with Gasteiger partial charge in [0.2, 0.25) is 5.95 Å². The summed E-state index contributed by atoms with van der Waals surface area (Å²) in [6, 6.07) is 5.78. The summed E-state index contributed by atoms with van der Waals surface area (Å²) < 4.78 is 9.27. The summed E-state index contributed by atoms with van der Waals surface area (Å²) in [5, 5.41) is -0.221. The van der Waals surface area contributed by atoms with Crippen molar-refractivity contribution in [3.05, 3.63) is 51.4 Å². The number of nitrogens with zero attached hydrogens (tertiary/aromatic N) is 3. The molecule has 3 heterocycles. The zero-order valence-electron chi connectivity index (χ0n) is 12.5. The molecule has 5 nitrogen and oxygen atoms in total. The number of methoxy groups -OCH3 is 1. The number of imidazole rings is 1. The quantitative estimate of drug-likeness (QED) is 0.703. The van der Waals surface area contributed by atoms with E-state index in [1.165, 1.54) is 0 Å². The minimum absolute atomic E-state index is 0.0713. The van der Waals surface area contributed by atoms with Gasteiger partial charge in [-0.05, 0) is 26.0 Å². The molecule has 1 atom stereocenters. The maximum atomic E-state index is 12.2. The van der Waals surface area contributed by atoms with Crippen LogP contribution in [-0.2, 0) is 0 Å². The lowest BCUT2D eigenvalue weighted by molar-refractivity contribution is 0.415. The number of hydrogen-bond acceptors (Lipinski definition) is 4. The Bertz CT molecular complexity index is 987. The van der Waals surface area contributed by atoms with Gasteiger partial charge in [-0.2, -0.15) is 0 Å². The van der Waals surface area contributed by atoms with Crippen molar-refractivity contribution in [1.29, 1.82) is 0 Å². The van der Waals surface area contributed by atoms with E-state index in [2.05, 4.69) is 0 Å².